The summed E-state index contributed by atoms with van der Waals surface area (Å²) in [5.74, 6) is -0.0186. The number of hydrogen-bond acceptors (Lipinski definition) is 6. The van der Waals surface area contributed by atoms with Crippen LogP contribution in [0.5, 0.6) is 0 Å². The van der Waals surface area contributed by atoms with E-state index in [4.69, 9.17) is 10.5 Å². The normalized spacial score (nSPS) is 26.0. The molecule has 1 spiro atoms. The van der Waals surface area contributed by atoms with Crippen LogP contribution < -0.4 is 5.73 Å². The Hall–Kier alpha value is -1.48. The molecule has 29 heavy (non-hydrogen) atoms. The number of carbonyl (C=O) groups is 1. The molecule has 3 aliphatic rings. The van der Waals surface area contributed by atoms with Crippen molar-refractivity contribution in [2.75, 3.05) is 19.7 Å². The third-order valence-electron chi connectivity index (χ3n) is 6.65. The van der Waals surface area contributed by atoms with E-state index in [1.807, 2.05) is 27.1 Å². The van der Waals surface area contributed by atoms with Crippen LogP contribution in [-0.4, -0.2) is 51.5 Å². The molecule has 1 saturated heterocycles. The number of thiophene rings is 1. The molecule has 0 bridgehead atoms. The van der Waals surface area contributed by atoms with E-state index in [-0.39, 0.29) is 23.9 Å². The highest BCUT2D eigenvalue weighted by Crippen LogP contribution is 2.43. The molecule has 158 valence electrons. The summed E-state index contributed by atoms with van der Waals surface area (Å²) < 4.78 is 8.11. The Morgan fingerprint density at radius 1 is 1.24 bits per heavy atom. The van der Waals surface area contributed by atoms with Crippen LogP contribution in [0.2, 0.25) is 0 Å². The van der Waals surface area contributed by atoms with Gasteiger partial charge in [-0.05, 0) is 55.5 Å². The fraction of sp³-hybridized carbons (Fsp3) is 0.650. The van der Waals surface area contributed by atoms with E-state index in [9.17, 15) is 4.79 Å². The summed E-state index contributed by atoms with van der Waals surface area (Å²) >= 11 is 1.82. The topological polar surface area (TPSA) is 86.3 Å². The predicted octanol–water partition coefficient (Wildman–Crippen LogP) is 2.91. The number of likely N-dealkylation sites (tertiary alicyclic amines) is 1. The molecule has 1 saturated carbocycles. The summed E-state index contributed by atoms with van der Waals surface area (Å²) in [4.78, 5) is 16.3. The van der Waals surface area contributed by atoms with Crippen molar-refractivity contribution in [3.05, 3.63) is 33.8 Å². The van der Waals surface area contributed by atoms with E-state index in [0.29, 0.717) is 30.9 Å². The average Bonchev–Trinajstić information content (AvgIpc) is 3.39. The van der Waals surface area contributed by atoms with E-state index in [2.05, 4.69) is 21.8 Å². The first-order chi connectivity index (χ1) is 13.6. The molecule has 9 heteroatoms. The van der Waals surface area contributed by atoms with Crippen molar-refractivity contribution < 1.29 is 9.53 Å². The van der Waals surface area contributed by atoms with Crippen LogP contribution in [0.3, 0.4) is 0 Å². The minimum Gasteiger partial charge on any atom is -0.370 e. The molecule has 1 amide bonds. The van der Waals surface area contributed by atoms with Gasteiger partial charge in [-0.25, -0.2) is 4.68 Å². The van der Waals surface area contributed by atoms with Crippen molar-refractivity contribution in [1.82, 2.24) is 19.9 Å². The number of nitrogens with zero attached hydrogens (tertiary/aromatic N) is 4. The van der Waals surface area contributed by atoms with Gasteiger partial charge in [-0.2, -0.15) is 0 Å². The highest BCUT2D eigenvalue weighted by molar-refractivity contribution is 7.10. The second kappa shape index (κ2) is 8.34. The van der Waals surface area contributed by atoms with Gasteiger partial charge in [-0.1, -0.05) is 5.21 Å². The molecular formula is C20H28ClN5O2S. The Morgan fingerprint density at radius 3 is 2.76 bits per heavy atom. The van der Waals surface area contributed by atoms with Gasteiger partial charge < -0.3 is 15.4 Å². The first-order valence-electron chi connectivity index (χ1n) is 10.3. The number of hydrogen-bond donors (Lipinski definition) is 1. The third kappa shape index (κ3) is 3.83. The fourth-order valence-corrected chi connectivity index (χ4v) is 5.87. The quantitative estimate of drug-likeness (QED) is 0.780. The van der Waals surface area contributed by atoms with Crippen molar-refractivity contribution in [1.29, 1.82) is 0 Å². The van der Waals surface area contributed by atoms with Crippen molar-refractivity contribution in [3.63, 3.8) is 0 Å². The van der Waals surface area contributed by atoms with Crippen molar-refractivity contribution in [2.45, 2.75) is 62.6 Å². The number of ether oxygens (including phenoxy) is 1. The summed E-state index contributed by atoms with van der Waals surface area (Å²) in [5.41, 5.74) is 7.58. The van der Waals surface area contributed by atoms with Gasteiger partial charge >= 0.3 is 0 Å². The Balaban J connectivity index is 0.00000205. The molecule has 0 aromatic carbocycles. The van der Waals surface area contributed by atoms with E-state index in [1.165, 1.54) is 10.4 Å². The van der Waals surface area contributed by atoms with E-state index < -0.39 is 0 Å². The maximum absolute atomic E-state index is 13.0. The predicted molar refractivity (Wildman–Crippen MR) is 114 cm³/mol. The largest absolute Gasteiger partial charge is 0.370 e. The lowest BCUT2D eigenvalue weighted by Crippen LogP contribution is -2.48. The lowest BCUT2D eigenvalue weighted by Gasteiger charge is -2.43. The lowest BCUT2D eigenvalue weighted by atomic mass is 9.82. The number of aromatic nitrogens is 3. The van der Waals surface area contributed by atoms with Gasteiger partial charge in [0.15, 0.2) is 5.69 Å². The van der Waals surface area contributed by atoms with Crippen LogP contribution in [-0.2, 0) is 16.8 Å². The van der Waals surface area contributed by atoms with Gasteiger partial charge in [0, 0.05) is 30.4 Å². The van der Waals surface area contributed by atoms with Crippen LogP contribution in [0.15, 0.2) is 17.6 Å². The van der Waals surface area contributed by atoms with Crippen LogP contribution in [0.4, 0.5) is 0 Å². The first-order valence-corrected chi connectivity index (χ1v) is 11.2. The molecular weight excluding hydrogens is 410 g/mol. The molecule has 2 fully saturated rings. The van der Waals surface area contributed by atoms with Gasteiger partial charge in [0.1, 0.15) is 0 Å². The monoisotopic (exact) mass is 437 g/mol. The van der Waals surface area contributed by atoms with Gasteiger partial charge in [0.05, 0.1) is 24.4 Å². The number of amides is 1. The maximum Gasteiger partial charge on any atom is 0.276 e. The van der Waals surface area contributed by atoms with Crippen molar-refractivity contribution >= 4 is 29.7 Å². The molecule has 2 aromatic heterocycles. The fourth-order valence-electron chi connectivity index (χ4n) is 4.92. The standard InChI is InChI=1S/C20H27N5O2S.ClH/c21-14-1-3-15(4-2-14)25-13-17(22-23-25)19(26)24-9-7-20(8-10-24)16-6-12-28-18(16)5-11-27-20;/h6,12-15H,1-5,7-11,21H2;1H. The number of rotatable bonds is 2. The number of halogens is 1. The highest BCUT2D eigenvalue weighted by atomic mass is 35.5. The molecule has 0 unspecified atom stereocenters. The van der Waals surface area contributed by atoms with E-state index in [1.54, 1.807) is 0 Å². The summed E-state index contributed by atoms with van der Waals surface area (Å²) in [6.45, 7) is 2.17. The molecule has 4 heterocycles. The molecule has 0 atom stereocenters. The second-order valence-electron chi connectivity index (χ2n) is 8.29. The number of carbonyl (C=O) groups excluding carboxylic acids is 1. The number of nitrogens with two attached hydrogens (primary N) is 1. The Labute approximate surface area is 181 Å². The Bertz CT molecular complexity index is 853. The molecule has 7 nitrogen and oxygen atoms in total. The SMILES string of the molecule is Cl.NC1CCC(n2cc(C(=O)N3CCC4(CC3)OCCc3sccc34)nn2)CC1. The molecule has 5 rings (SSSR count). The van der Waals surface area contributed by atoms with Crippen LogP contribution >= 0.6 is 23.7 Å². The van der Waals surface area contributed by atoms with Gasteiger partial charge in [-0.3, -0.25) is 4.79 Å². The summed E-state index contributed by atoms with van der Waals surface area (Å²) in [7, 11) is 0. The Morgan fingerprint density at radius 2 is 2.00 bits per heavy atom. The molecule has 1 aliphatic carbocycles. The third-order valence-corrected chi connectivity index (χ3v) is 7.63. The minimum atomic E-state index is -0.206. The zero-order valence-electron chi connectivity index (χ0n) is 16.5. The van der Waals surface area contributed by atoms with Gasteiger partial charge in [-0.15, -0.1) is 28.8 Å². The smallest absolute Gasteiger partial charge is 0.276 e. The van der Waals surface area contributed by atoms with E-state index >= 15 is 0 Å². The van der Waals surface area contributed by atoms with Crippen LogP contribution in [0.25, 0.3) is 0 Å². The zero-order valence-corrected chi connectivity index (χ0v) is 18.1. The summed E-state index contributed by atoms with van der Waals surface area (Å²) in [5, 5.41) is 10.6. The lowest BCUT2D eigenvalue weighted by molar-refractivity contribution is -0.0926. The zero-order chi connectivity index (χ0) is 19.1. The van der Waals surface area contributed by atoms with Crippen molar-refractivity contribution in [3.8, 4) is 0 Å². The first kappa shape index (κ1) is 20.8. The minimum absolute atomic E-state index is 0. The van der Waals surface area contributed by atoms with Crippen molar-refractivity contribution in [2.24, 2.45) is 5.73 Å². The van der Waals surface area contributed by atoms with Gasteiger partial charge in [0.2, 0.25) is 0 Å². The summed E-state index contributed by atoms with van der Waals surface area (Å²) in [6.07, 6.45) is 8.54. The molecule has 2 aromatic rings. The highest BCUT2D eigenvalue weighted by Gasteiger charge is 2.42. The Kier molecular flexibility index (Phi) is 5.97. The number of fused-ring (bicyclic) bond motifs is 2. The van der Waals surface area contributed by atoms with Gasteiger partial charge in [0.25, 0.3) is 5.91 Å². The maximum atomic E-state index is 13.0. The molecule has 2 N–H and O–H groups in total. The molecule has 0 radical (unpaired) electrons. The molecule has 2 aliphatic heterocycles. The average molecular weight is 438 g/mol. The van der Waals surface area contributed by atoms with Crippen LogP contribution in [0.1, 0.15) is 65.5 Å². The second-order valence-corrected chi connectivity index (χ2v) is 9.30. The number of piperidine rings is 1. The van der Waals surface area contributed by atoms with E-state index in [0.717, 1.165) is 51.6 Å². The summed E-state index contributed by atoms with van der Waals surface area (Å²) in [6, 6.07) is 2.82. The van der Waals surface area contributed by atoms with Crippen LogP contribution in [0, 0.1) is 0 Å².